The lowest BCUT2D eigenvalue weighted by molar-refractivity contribution is -0.142. The second-order valence-corrected chi connectivity index (χ2v) is 8.57. The highest BCUT2D eigenvalue weighted by molar-refractivity contribution is 9.10. The molecular formula is C25H24BrClN2O3. The van der Waals surface area contributed by atoms with Gasteiger partial charge in [-0.2, -0.15) is 0 Å². The Kier molecular flexibility index (Phi) is 8.71. The van der Waals surface area contributed by atoms with Gasteiger partial charge in [0.2, 0.25) is 5.91 Å². The van der Waals surface area contributed by atoms with E-state index in [0.29, 0.717) is 17.2 Å². The van der Waals surface area contributed by atoms with E-state index < -0.39 is 6.04 Å². The van der Waals surface area contributed by atoms with E-state index in [-0.39, 0.29) is 25.0 Å². The van der Waals surface area contributed by atoms with Crippen LogP contribution < -0.4 is 10.1 Å². The Morgan fingerprint density at radius 3 is 2.38 bits per heavy atom. The zero-order valence-electron chi connectivity index (χ0n) is 17.6. The van der Waals surface area contributed by atoms with Crippen LogP contribution in [-0.2, 0) is 22.6 Å². The van der Waals surface area contributed by atoms with Gasteiger partial charge in [0.25, 0.3) is 5.91 Å². The van der Waals surface area contributed by atoms with E-state index in [9.17, 15) is 9.59 Å². The van der Waals surface area contributed by atoms with Gasteiger partial charge in [-0.05, 0) is 41.5 Å². The predicted molar refractivity (Wildman–Crippen MR) is 130 cm³/mol. The summed E-state index contributed by atoms with van der Waals surface area (Å²) >= 11 is 9.44. The van der Waals surface area contributed by atoms with Crippen molar-refractivity contribution in [2.24, 2.45) is 0 Å². The van der Waals surface area contributed by atoms with Crippen LogP contribution in [0.15, 0.2) is 83.3 Å². The SMILES string of the molecule is CNC(=O)[C@@H](Cc1ccccc1)N(Cc1ccc(Br)cc1)C(=O)COc1cccc(Cl)c1. The summed E-state index contributed by atoms with van der Waals surface area (Å²) in [6.07, 6.45) is 0.389. The molecule has 0 saturated heterocycles. The van der Waals surface area contributed by atoms with Crippen molar-refractivity contribution in [2.45, 2.75) is 19.0 Å². The van der Waals surface area contributed by atoms with Gasteiger partial charge in [0.15, 0.2) is 6.61 Å². The molecule has 1 N–H and O–H groups in total. The molecule has 3 rings (SSSR count). The second kappa shape index (κ2) is 11.7. The van der Waals surface area contributed by atoms with Crippen LogP contribution in [0.25, 0.3) is 0 Å². The number of nitrogens with one attached hydrogen (secondary N) is 1. The average molecular weight is 516 g/mol. The van der Waals surface area contributed by atoms with Gasteiger partial charge in [0.05, 0.1) is 0 Å². The number of hydrogen-bond donors (Lipinski definition) is 1. The first-order valence-electron chi connectivity index (χ1n) is 10.1. The monoisotopic (exact) mass is 514 g/mol. The molecular weight excluding hydrogens is 492 g/mol. The van der Waals surface area contributed by atoms with Gasteiger partial charge in [-0.1, -0.05) is 76.1 Å². The summed E-state index contributed by atoms with van der Waals surface area (Å²) in [5, 5.41) is 3.22. The smallest absolute Gasteiger partial charge is 0.261 e. The van der Waals surface area contributed by atoms with Crippen molar-refractivity contribution in [3.63, 3.8) is 0 Å². The van der Waals surface area contributed by atoms with Crippen LogP contribution in [0.4, 0.5) is 0 Å². The minimum absolute atomic E-state index is 0.209. The topological polar surface area (TPSA) is 58.6 Å². The third-order valence-corrected chi connectivity index (χ3v) is 5.71. The lowest BCUT2D eigenvalue weighted by Crippen LogP contribution is -2.51. The molecule has 0 saturated carbocycles. The molecule has 3 aromatic carbocycles. The van der Waals surface area contributed by atoms with Gasteiger partial charge in [-0.3, -0.25) is 9.59 Å². The molecule has 0 spiro atoms. The van der Waals surface area contributed by atoms with E-state index in [1.807, 2.05) is 54.6 Å². The first-order chi connectivity index (χ1) is 15.5. The summed E-state index contributed by atoms with van der Waals surface area (Å²) in [6.45, 7) is 0.0646. The number of carbonyl (C=O) groups is 2. The van der Waals surface area contributed by atoms with Crippen LogP contribution in [0.1, 0.15) is 11.1 Å². The van der Waals surface area contributed by atoms with Crippen molar-refractivity contribution < 1.29 is 14.3 Å². The van der Waals surface area contributed by atoms with Crippen molar-refractivity contribution in [1.29, 1.82) is 0 Å². The van der Waals surface area contributed by atoms with Crippen molar-refractivity contribution in [3.05, 3.63) is 99.5 Å². The van der Waals surface area contributed by atoms with Crippen LogP contribution in [0.3, 0.4) is 0 Å². The fraction of sp³-hybridized carbons (Fsp3) is 0.200. The third kappa shape index (κ3) is 6.84. The molecule has 0 heterocycles. The summed E-state index contributed by atoms with van der Waals surface area (Å²) in [5.41, 5.74) is 1.87. The van der Waals surface area contributed by atoms with Crippen LogP contribution in [0.2, 0.25) is 5.02 Å². The van der Waals surface area contributed by atoms with E-state index in [0.717, 1.165) is 15.6 Å². The number of ether oxygens (including phenoxy) is 1. The quantitative estimate of drug-likeness (QED) is 0.442. The number of rotatable bonds is 9. The second-order valence-electron chi connectivity index (χ2n) is 7.21. The van der Waals surface area contributed by atoms with Gasteiger partial charge in [0, 0.05) is 29.5 Å². The summed E-state index contributed by atoms with van der Waals surface area (Å²) < 4.78 is 6.63. The van der Waals surface area contributed by atoms with Crippen LogP contribution in [-0.4, -0.2) is 36.4 Å². The molecule has 0 radical (unpaired) electrons. The van der Waals surface area contributed by atoms with E-state index in [1.54, 1.807) is 36.2 Å². The van der Waals surface area contributed by atoms with Gasteiger partial charge in [0.1, 0.15) is 11.8 Å². The van der Waals surface area contributed by atoms with E-state index in [1.165, 1.54) is 0 Å². The molecule has 0 bridgehead atoms. The summed E-state index contributed by atoms with van der Waals surface area (Å²) in [7, 11) is 1.57. The number of likely N-dealkylation sites (N-methyl/N-ethyl adjacent to an activating group) is 1. The van der Waals surface area contributed by atoms with Gasteiger partial charge < -0.3 is 15.0 Å². The third-order valence-electron chi connectivity index (χ3n) is 4.94. The Labute approximate surface area is 201 Å². The Bertz CT molecular complexity index is 1040. The highest BCUT2D eigenvalue weighted by Crippen LogP contribution is 2.19. The van der Waals surface area contributed by atoms with E-state index >= 15 is 0 Å². The maximum atomic E-state index is 13.3. The molecule has 0 unspecified atom stereocenters. The van der Waals surface area contributed by atoms with Crippen molar-refractivity contribution in [3.8, 4) is 5.75 Å². The normalized spacial score (nSPS) is 11.5. The Balaban J connectivity index is 1.86. The zero-order valence-corrected chi connectivity index (χ0v) is 20.0. The predicted octanol–water partition coefficient (Wildman–Crippen LogP) is 4.87. The maximum absolute atomic E-state index is 13.3. The molecule has 0 aliphatic carbocycles. The zero-order chi connectivity index (χ0) is 22.9. The molecule has 0 fully saturated rings. The van der Waals surface area contributed by atoms with E-state index in [2.05, 4.69) is 21.2 Å². The lowest BCUT2D eigenvalue weighted by atomic mass is 10.0. The van der Waals surface area contributed by atoms with Gasteiger partial charge in [-0.15, -0.1) is 0 Å². The highest BCUT2D eigenvalue weighted by Gasteiger charge is 2.30. The Morgan fingerprint density at radius 2 is 1.72 bits per heavy atom. The van der Waals surface area contributed by atoms with Crippen molar-refractivity contribution >= 4 is 39.3 Å². The Morgan fingerprint density at radius 1 is 1.00 bits per heavy atom. The fourth-order valence-electron chi connectivity index (χ4n) is 3.29. The molecule has 2 amide bonds. The standard InChI is InChI=1S/C25H24BrClN2O3/c1-28-25(31)23(14-18-6-3-2-4-7-18)29(16-19-10-12-20(26)13-11-19)24(30)17-32-22-9-5-8-21(27)15-22/h2-13,15,23H,14,16-17H2,1H3,(H,28,31)/t23-/m1/s1. The number of halogens is 2. The maximum Gasteiger partial charge on any atom is 0.261 e. The molecule has 166 valence electrons. The van der Waals surface area contributed by atoms with E-state index in [4.69, 9.17) is 16.3 Å². The number of nitrogens with zero attached hydrogens (tertiary/aromatic N) is 1. The summed E-state index contributed by atoms with van der Waals surface area (Å²) in [5.74, 6) is -0.0338. The summed E-state index contributed by atoms with van der Waals surface area (Å²) in [6, 6.07) is 23.5. The van der Waals surface area contributed by atoms with Gasteiger partial charge >= 0.3 is 0 Å². The van der Waals surface area contributed by atoms with Crippen LogP contribution in [0, 0.1) is 0 Å². The van der Waals surface area contributed by atoms with Crippen molar-refractivity contribution in [1.82, 2.24) is 10.2 Å². The number of amides is 2. The largest absolute Gasteiger partial charge is 0.484 e. The molecule has 0 aliphatic heterocycles. The molecule has 3 aromatic rings. The number of benzene rings is 3. The molecule has 32 heavy (non-hydrogen) atoms. The first-order valence-corrected chi connectivity index (χ1v) is 11.3. The minimum Gasteiger partial charge on any atom is -0.484 e. The molecule has 5 nitrogen and oxygen atoms in total. The lowest BCUT2D eigenvalue weighted by Gasteiger charge is -2.31. The summed E-state index contributed by atoms with van der Waals surface area (Å²) in [4.78, 5) is 27.7. The molecule has 0 aliphatic rings. The average Bonchev–Trinajstić information content (AvgIpc) is 2.81. The van der Waals surface area contributed by atoms with Crippen LogP contribution in [0.5, 0.6) is 5.75 Å². The highest BCUT2D eigenvalue weighted by atomic mass is 79.9. The van der Waals surface area contributed by atoms with Crippen molar-refractivity contribution in [2.75, 3.05) is 13.7 Å². The fourth-order valence-corrected chi connectivity index (χ4v) is 3.74. The first kappa shape index (κ1) is 23.8. The van der Waals surface area contributed by atoms with Gasteiger partial charge in [-0.25, -0.2) is 0 Å². The van der Waals surface area contributed by atoms with Crippen LogP contribution >= 0.6 is 27.5 Å². The molecule has 7 heteroatoms. The number of hydrogen-bond acceptors (Lipinski definition) is 3. The minimum atomic E-state index is -0.693. The molecule has 0 aromatic heterocycles. The number of carbonyl (C=O) groups excluding carboxylic acids is 2. The Hall–Kier alpha value is -2.83. The molecule has 1 atom stereocenters.